The molecule has 0 aliphatic rings. The Kier molecular flexibility index (Phi) is 5.12. The van der Waals surface area contributed by atoms with Gasteiger partial charge >= 0.3 is 6.18 Å². The van der Waals surface area contributed by atoms with Gasteiger partial charge in [-0.2, -0.15) is 22.6 Å². The van der Waals surface area contributed by atoms with E-state index in [4.69, 9.17) is 4.74 Å². The van der Waals surface area contributed by atoms with Crippen molar-refractivity contribution < 1.29 is 17.9 Å². The summed E-state index contributed by atoms with van der Waals surface area (Å²) in [5.41, 5.74) is 0.431. The second kappa shape index (κ2) is 6.85. The van der Waals surface area contributed by atoms with Crippen LogP contribution in [-0.4, -0.2) is 39.0 Å². The van der Waals surface area contributed by atoms with Crippen molar-refractivity contribution in [2.75, 3.05) is 19.0 Å². The molecule has 0 aliphatic carbocycles. The number of rotatable bonds is 7. The van der Waals surface area contributed by atoms with Gasteiger partial charge in [0.2, 0.25) is 5.13 Å². The molecule has 0 amide bonds. The summed E-state index contributed by atoms with van der Waals surface area (Å²) in [5.74, 6) is 0.646. The first-order valence-corrected chi connectivity index (χ1v) is 6.88. The Bertz CT molecular complexity index is 568. The monoisotopic (exact) mass is 321 g/mol. The topological polar surface area (TPSA) is 64.9 Å². The maximum Gasteiger partial charge on any atom is 0.408 e. The largest absolute Gasteiger partial charge is 0.408 e. The van der Waals surface area contributed by atoms with E-state index in [0.29, 0.717) is 29.7 Å². The quantitative estimate of drug-likeness (QED) is 0.846. The zero-order valence-electron chi connectivity index (χ0n) is 11.2. The number of nitrogens with zero attached hydrogens (tertiary/aromatic N) is 4. The summed E-state index contributed by atoms with van der Waals surface area (Å²) in [4.78, 5) is 4.22. The molecule has 0 radical (unpaired) electrons. The van der Waals surface area contributed by atoms with Crippen molar-refractivity contribution in [3.63, 3.8) is 0 Å². The van der Waals surface area contributed by atoms with Gasteiger partial charge in [0, 0.05) is 31.3 Å². The highest BCUT2D eigenvalue weighted by Crippen LogP contribution is 2.19. The molecule has 6 nitrogen and oxygen atoms in total. The van der Waals surface area contributed by atoms with E-state index in [1.54, 1.807) is 7.11 Å². The Labute approximate surface area is 123 Å². The zero-order chi connectivity index (χ0) is 15.3. The van der Waals surface area contributed by atoms with E-state index in [1.807, 2.05) is 0 Å². The van der Waals surface area contributed by atoms with Crippen molar-refractivity contribution in [3.05, 3.63) is 23.8 Å². The Morgan fingerprint density at radius 1 is 1.43 bits per heavy atom. The highest BCUT2D eigenvalue weighted by Gasteiger charge is 2.29. The third-order valence-electron chi connectivity index (χ3n) is 2.55. The smallest absolute Gasteiger partial charge is 0.384 e. The molecule has 2 aromatic heterocycles. The van der Waals surface area contributed by atoms with Gasteiger partial charge in [-0.15, -0.1) is 0 Å². The summed E-state index contributed by atoms with van der Waals surface area (Å²) in [5, 5.41) is 7.17. The number of hydrogen-bond donors (Lipinski definition) is 1. The molecular weight excluding hydrogens is 307 g/mol. The average Bonchev–Trinajstić information content (AvgIpc) is 3.01. The number of aromatic nitrogens is 4. The standard InChI is InChI=1S/C11H14F3N5OS/c1-20-5-3-9-17-10(21-18-9)15-6-8-2-4-16-19(8)7-11(12,13)14/h2,4H,3,5-7H2,1H3,(H,15,17,18). The summed E-state index contributed by atoms with van der Waals surface area (Å²) >= 11 is 1.16. The minimum Gasteiger partial charge on any atom is -0.384 e. The van der Waals surface area contributed by atoms with Crippen LogP contribution in [0, 0.1) is 0 Å². The number of nitrogens with one attached hydrogen (secondary N) is 1. The maximum atomic E-state index is 12.4. The van der Waals surface area contributed by atoms with Crippen LogP contribution in [0.2, 0.25) is 0 Å². The number of anilines is 1. The molecule has 0 unspecified atom stereocenters. The molecule has 0 aromatic carbocycles. The molecule has 10 heteroatoms. The van der Waals surface area contributed by atoms with Crippen LogP contribution in [0.1, 0.15) is 11.5 Å². The molecule has 0 saturated heterocycles. The number of hydrogen-bond acceptors (Lipinski definition) is 6. The summed E-state index contributed by atoms with van der Waals surface area (Å²) in [6, 6.07) is 1.53. The van der Waals surface area contributed by atoms with Crippen LogP contribution >= 0.6 is 11.5 Å². The molecule has 0 fully saturated rings. The molecule has 0 saturated carbocycles. The molecule has 1 N–H and O–H groups in total. The number of methoxy groups -OCH3 is 1. The van der Waals surface area contributed by atoms with E-state index in [2.05, 4.69) is 19.8 Å². The van der Waals surface area contributed by atoms with Crippen LogP contribution in [0.25, 0.3) is 0 Å². The van der Waals surface area contributed by atoms with E-state index in [9.17, 15) is 13.2 Å². The predicted molar refractivity (Wildman–Crippen MR) is 71.1 cm³/mol. The lowest BCUT2D eigenvalue weighted by molar-refractivity contribution is -0.143. The van der Waals surface area contributed by atoms with Crippen LogP contribution in [0.5, 0.6) is 0 Å². The zero-order valence-corrected chi connectivity index (χ0v) is 12.0. The minimum absolute atomic E-state index is 0.203. The lowest BCUT2D eigenvalue weighted by Crippen LogP contribution is -2.21. The van der Waals surface area contributed by atoms with E-state index < -0.39 is 12.7 Å². The van der Waals surface area contributed by atoms with Gasteiger partial charge in [0.15, 0.2) is 0 Å². The second-order valence-electron chi connectivity index (χ2n) is 4.21. The highest BCUT2D eigenvalue weighted by molar-refractivity contribution is 7.09. The van der Waals surface area contributed by atoms with Crippen LogP contribution in [0.15, 0.2) is 12.3 Å². The van der Waals surface area contributed by atoms with Crippen LogP contribution in [0.3, 0.4) is 0 Å². The molecule has 2 aromatic rings. The number of ether oxygens (including phenoxy) is 1. The normalized spacial score (nSPS) is 11.8. The SMILES string of the molecule is COCCc1nsc(NCc2ccnn2CC(F)(F)F)n1. The molecule has 2 rings (SSSR count). The first-order chi connectivity index (χ1) is 9.98. The fourth-order valence-corrected chi connectivity index (χ4v) is 2.22. The molecule has 116 valence electrons. The van der Waals surface area contributed by atoms with Gasteiger partial charge in [-0.25, -0.2) is 4.98 Å². The first kappa shape index (κ1) is 15.7. The Morgan fingerprint density at radius 3 is 2.95 bits per heavy atom. The van der Waals surface area contributed by atoms with Crippen LogP contribution in [0.4, 0.5) is 18.3 Å². The molecule has 0 aliphatic heterocycles. The summed E-state index contributed by atoms with van der Waals surface area (Å²) in [6.45, 7) is -0.379. The fraction of sp³-hybridized carbons (Fsp3) is 0.545. The van der Waals surface area contributed by atoms with Crippen LogP contribution in [-0.2, 0) is 24.2 Å². The van der Waals surface area contributed by atoms with Crippen molar-refractivity contribution >= 4 is 16.7 Å². The van der Waals surface area contributed by atoms with Gasteiger partial charge in [0.05, 0.1) is 18.8 Å². The van der Waals surface area contributed by atoms with E-state index in [0.717, 1.165) is 16.2 Å². The third kappa shape index (κ3) is 4.97. The van der Waals surface area contributed by atoms with Gasteiger partial charge in [0.25, 0.3) is 0 Å². The van der Waals surface area contributed by atoms with Gasteiger partial charge in [0.1, 0.15) is 12.4 Å². The average molecular weight is 321 g/mol. The third-order valence-corrected chi connectivity index (χ3v) is 3.26. The lowest BCUT2D eigenvalue weighted by Gasteiger charge is -2.10. The van der Waals surface area contributed by atoms with Crippen molar-refractivity contribution in [2.24, 2.45) is 0 Å². The van der Waals surface area contributed by atoms with Gasteiger partial charge < -0.3 is 10.1 Å². The van der Waals surface area contributed by atoms with Crippen molar-refractivity contribution in [3.8, 4) is 0 Å². The first-order valence-electron chi connectivity index (χ1n) is 6.11. The van der Waals surface area contributed by atoms with Crippen molar-refractivity contribution in [1.82, 2.24) is 19.1 Å². The molecule has 0 spiro atoms. The number of alkyl halides is 3. The second-order valence-corrected chi connectivity index (χ2v) is 4.96. The van der Waals surface area contributed by atoms with Crippen molar-refractivity contribution in [2.45, 2.75) is 25.7 Å². The maximum absolute atomic E-state index is 12.4. The van der Waals surface area contributed by atoms with Gasteiger partial charge in [-0.3, -0.25) is 4.68 Å². The lowest BCUT2D eigenvalue weighted by atomic mass is 10.4. The minimum atomic E-state index is -4.29. The summed E-state index contributed by atoms with van der Waals surface area (Å²) in [6.07, 6.45) is -2.36. The van der Waals surface area contributed by atoms with Crippen LogP contribution < -0.4 is 5.32 Å². The van der Waals surface area contributed by atoms with Gasteiger partial charge in [-0.05, 0) is 6.07 Å². The number of halogens is 3. The highest BCUT2D eigenvalue weighted by atomic mass is 32.1. The van der Waals surface area contributed by atoms with E-state index in [1.165, 1.54) is 12.3 Å². The summed E-state index contributed by atoms with van der Waals surface area (Å²) in [7, 11) is 1.59. The Balaban J connectivity index is 1.91. The van der Waals surface area contributed by atoms with Crippen molar-refractivity contribution in [1.29, 1.82) is 0 Å². The predicted octanol–water partition coefficient (Wildman–Crippen LogP) is 2.10. The molecule has 0 atom stereocenters. The Hall–Kier alpha value is -1.68. The molecule has 0 bridgehead atoms. The summed E-state index contributed by atoms with van der Waals surface area (Å²) < 4.78 is 47.1. The molecule has 21 heavy (non-hydrogen) atoms. The van der Waals surface area contributed by atoms with E-state index >= 15 is 0 Å². The molecule has 2 heterocycles. The van der Waals surface area contributed by atoms with Gasteiger partial charge in [-0.1, -0.05) is 0 Å². The molecular formula is C11H14F3N5OS. The fourth-order valence-electron chi connectivity index (χ4n) is 1.61. The Morgan fingerprint density at radius 2 is 2.24 bits per heavy atom. The van der Waals surface area contributed by atoms with E-state index in [-0.39, 0.29) is 6.54 Å².